The van der Waals surface area contributed by atoms with Gasteiger partial charge in [-0.3, -0.25) is 4.79 Å². The lowest BCUT2D eigenvalue weighted by atomic mass is 9.87. The number of aryl methyl sites for hydroxylation is 1. The van der Waals surface area contributed by atoms with Gasteiger partial charge in [0.1, 0.15) is 0 Å². The Kier molecular flexibility index (Phi) is 4.07. The van der Waals surface area contributed by atoms with E-state index in [2.05, 4.69) is 0 Å². The van der Waals surface area contributed by atoms with Crippen molar-refractivity contribution < 1.29 is 13.2 Å². The van der Waals surface area contributed by atoms with E-state index < -0.39 is 10.0 Å². The smallest absolute Gasteiger partial charge is 0.264 e. The van der Waals surface area contributed by atoms with Gasteiger partial charge in [-0.25, -0.2) is 8.42 Å². The molecule has 122 valence electrons. The summed E-state index contributed by atoms with van der Waals surface area (Å²) in [6.45, 7) is 3.77. The van der Waals surface area contributed by atoms with E-state index in [-0.39, 0.29) is 11.4 Å². The normalized spacial score (nSPS) is 26.7. The second-order valence-corrected chi connectivity index (χ2v) is 9.25. The number of nitrogens with zero attached hydrogens (tertiary/aromatic N) is 2. The Morgan fingerprint density at radius 1 is 1.27 bits per heavy atom. The maximum atomic E-state index is 12.7. The van der Waals surface area contributed by atoms with Crippen molar-refractivity contribution in [1.82, 2.24) is 9.21 Å². The van der Waals surface area contributed by atoms with Gasteiger partial charge in [-0.15, -0.1) is 11.3 Å². The van der Waals surface area contributed by atoms with Crippen LogP contribution in [0.5, 0.6) is 0 Å². The van der Waals surface area contributed by atoms with E-state index in [1.165, 1.54) is 17.6 Å². The first-order valence-electron chi connectivity index (χ1n) is 7.65. The maximum Gasteiger partial charge on any atom is 0.264 e. The standard InChI is InChI=1S/C15H22N2O3S2/c1-12-5-10-21-13(12)14(18)16-8-3-6-15(11-16)7-4-9-17(15)22(2,19)20/h5,10H,3-4,6-9,11H2,1-2H3/t15-/m0/s1. The topological polar surface area (TPSA) is 57.7 Å². The van der Waals surface area contributed by atoms with Crippen molar-refractivity contribution in [1.29, 1.82) is 0 Å². The third-order valence-electron chi connectivity index (χ3n) is 4.83. The van der Waals surface area contributed by atoms with Crippen LogP contribution in [0.3, 0.4) is 0 Å². The van der Waals surface area contributed by atoms with Crippen LogP contribution in [0.15, 0.2) is 11.4 Å². The molecule has 0 aromatic carbocycles. The minimum absolute atomic E-state index is 0.0481. The molecule has 0 bridgehead atoms. The maximum absolute atomic E-state index is 12.7. The molecule has 0 N–H and O–H groups in total. The number of carbonyl (C=O) groups excluding carboxylic acids is 1. The average molecular weight is 342 g/mol. The van der Waals surface area contributed by atoms with Crippen molar-refractivity contribution in [2.45, 2.75) is 38.1 Å². The van der Waals surface area contributed by atoms with Gasteiger partial charge in [-0.05, 0) is 49.6 Å². The van der Waals surface area contributed by atoms with Crippen molar-refractivity contribution in [3.63, 3.8) is 0 Å². The number of hydrogen-bond donors (Lipinski definition) is 0. The number of piperidine rings is 1. The van der Waals surface area contributed by atoms with Crippen LogP contribution in [0.1, 0.15) is 40.9 Å². The highest BCUT2D eigenvalue weighted by atomic mass is 32.2. The molecule has 7 heteroatoms. The molecule has 2 fully saturated rings. The monoisotopic (exact) mass is 342 g/mol. The number of rotatable bonds is 2. The highest BCUT2D eigenvalue weighted by Crippen LogP contribution is 2.39. The highest BCUT2D eigenvalue weighted by Gasteiger charge is 2.48. The summed E-state index contributed by atoms with van der Waals surface area (Å²) in [5.41, 5.74) is 0.619. The molecule has 0 unspecified atom stereocenters. The number of amides is 1. The number of sulfonamides is 1. The Hall–Kier alpha value is -0.920. The van der Waals surface area contributed by atoms with Gasteiger partial charge in [0.25, 0.3) is 5.91 Å². The number of carbonyl (C=O) groups is 1. The third kappa shape index (κ3) is 2.70. The summed E-state index contributed by atoms with van der Waals surface area (Å²) in [6, 6.07) is 1.95. The fourth-order valence-corrected chi connectivity index (χ4v) is 6.16. The average Bonchev–Trinajstić information content (AvgIpc) is 3.04. The van der Waals surface area contributed by atoms with Crippen molar-refractivity contribution in [2.75, 3.05) is 25.9 Å². The van der Waals surface area contributed by atoms with Crippen molar-refractivity contribution in [2.24, 2.45) is 0 Å². The summed E-state index contributed by atoms with van der Waals surface area (Å²) in [6.07, 6.45) is 4.74. The molecule has 5 nitrogen and oxygen atoms in total. The van der Waals surface area contributed by atoms with Crippen LogP contribution in [-0.4, -0.2) is 55.0 Å². The molecule has 22 heavy (non-hydrogen) atoms. The van der Waals surface area contributed by atoms with Gasteiger partial charge < -0.3 is 4.90 Å². The van der Waals surface area contributed by atoms with Gasteiger partial charge in [-0.2, -0.15) is 4.31 Å². The van der Waals surface area contributed by atoms with Crippen LogP contribution >= 0.6 is 11.3 Å². The molecule has 1 aromatic heterocycles. The third-order valence-corrected chi connectivity index (χ3v) is 7.21. The first kappa shape index (κ1) is 16.0. The van der Waals surface area contributed by atoms with Gasteiger partial charge in [-0.1, -0.05) is 0 Å². The zero-order valence-electron chi connectivity index (χ0n) is 13.0. The van der Waals surface area contributed by atoms with E-state index >= 15 is 0 Å². The van der Waals surface area contributed by atoms with Crippen LogP contribution < -0.4 is 0 Å². The van der Waals surface area contributed by atoms with Crippen LogP contribution in [-0.2, 0) is 10.0 Å². The zero-order valence-corrected chi connectivity index (χ0v) is 14.7. The van der Waals surface area contributed by atoms with Gasteiger partial charge in [0.05, 0.1) is 16.7 Å². The first-order valence-corrected chi connectivity index (χ1v) is 10.4. The summed E-state index contributed by atoms with van der Waals surface area (Å²) in [5.74, 6) is 0.0481. The Labute approximate surface area is 136 Å². The lowest BCUT2D eigenvalue weighted by molar-refractivity contribution is 0.0528. The fraction of sp³-hybridized carbons (Fsp3) is 0.667. The SMILES string of the molecule is Cc1ccsc1C(=O)N1CCC[C@]2(CCCN2S(C)(=O)=O)C1. The fourth-order valence-electron chi connectivity index (χ4n) is 3.86. The molecule has 0 saturated carbocycles. The molecule has 1 amide bonds. The van der Waals surface area contributed by atoms with Crippen molar-refractivity contribution in [3.8, 4) is 0 Å². The Balaban J connectivity index is 1.85. The summed E-state index contributed by atoms with van der Waals surface area (Å²) in [4.78, 5) is 15.4. The Bertz CT molecular complexity index is 683. The van der Waals surface area contributed by atoms with E-state index in [4.69, 9.17) is 0 Å². The quantitative estimate of drug-likeness (QED) is 0.827. The summed E-state index contributed by atoms with van der Waals surface area (Å²) >= 11 is 1.47. The van der Waals surface area contributed by atoms with Gasteiger partial charge >= 0.3 is 0 Å². The molecule has 0 radical (unpaired) electrons. The molecule has 0 aliphatic carbocycles. The Morgan fingerprint density at radius 3 is 2.55 bits per heavy atom. The number of hydrogen-bond acceptors (Lipinski definition) is 4. The predicted octanol–water partition coefficient (Wildman–Crippen LogP) is 2.09. The molecule has 1 spiro atoms. The van der Waals surface area contributed by atoms with Gasteiger partial charge in [0.15, 0.2) is 0 Å². The molecule has 2 aliphatic rings. The second-order valence-electron chi connectivity index (χ2n) is 6.43. The number of thiophene rings is 1. The van der Waals surface area contributed by atoms with Gasteiger partial charge in [0.2, 0.25) is 10.0 Å². The van der Waals surface area contributed by atoms with E-state index in [1.54, 1.807) is 4.31 Å². The second kappa shape index (κ2) is 5.62. The van der Waals surface area contributed by atoms with E-state index in [9.17, 15) is 13.2 Å². The van der Waals surface area contributed by atoms with Crippen LogP contribution in [0.2, 0.25) is 0 Å². The number of likely N-dealkylation sites (tertiary alicyclic amines) is 1. The summed E-state index contributed by atoms with van der Waals surface area (Å²) in [7, 11) is -3.22. The molecule has 3 heterocycles. The summed E-state index contributed by atoms with van der Waals surface area (Å²) < 4.78 is 25.8. The Morgan fingerprint density at radius 2 is 1.95 bits per heavy atom. The lowest BCUT2D eigenvalue weighted by Gasteiger charge is -2.44. The van der Waals surface area contributed by atoms with Crippen LogP contribution in [0.25, 0.3) is 0 Å². The summed E-state index contributed by atoms with van der Waals surface area (Å²) in [5, 5.41) is 1.93. The lowest BCUT2D eigenvalue weighted by Crippen LogP contribution is -2.58. The minimum atomic E-state index is -3.22. The largest absolute Gasteiger partial charge is 0.336 e. The van der Waals surface area contributed by atoms with Crippen LogP contribution in [0.4, 0.5) is 0 Å². The molecule has 2 saturated heterocycles. The predicted molar refractivity (Wildman–Crippen MR) is 87.7 cm³/mol. The molecular formula is C15H22N2O3S2. The highest BCUT2D eigenvalue weighted by molar-refractivity contribution is 7.88. The van der Waals surface area contributed by atoms with Crippen molar-refractivity contribution >= 4 is 27.3 Å². The zero-order chi connectivity index (χ0) is 16.0. The molecule has 2 aliphatic heterocycles. The molecular weight excluding hydrogens is 320 g/mol. The van der Waals surface area contributed by atoms with E-state index in [1.807, 2.05) is 23.3 Å². The van der Waals surface area contributed by atoms with Crippen LogP contribution in [0, 0.1) is 6.92 Å². The molecule has 1 aromatic rings. The molecule has 1 atom stereocenters. The van der Waals surface area contributed by atoms with E-state index in [0.29, 0.717) is 13.1 Å². The molecule has 3 rings (SSSR count). The minimum Gasteiger partial charge on any atom is -0.336 e. The van der Waals surface area contributed by atoms with E-state index in [0.717, 1.165) is 42.7 Å². The van der Waals surface area contributed by atoms with Crippen molar-refractivity contribution in [3.05, 3.63) is 21.9 Å². The first-order chi connectivity index (χ1) is 10.3. The van der Waals surface area contributed by atoms with Gasteiger partial charge in [0, 0.05) is 19.6 Å².